The van der Waals surface area contributed by atoms with Crippen LogP contribution in [0.3, 0.4) is 0 Å². The monoisotopic (exact) mass is 382 g/mol. The highest BCUT2D eigenvalue weighted by molar-refractivity contribution is 5.73. The van der Waals surface area contributed by atoms with Crippen LogP contribution in [0.4, 0.5) is 4.39 Å². The van der Waals surface area contributed by atoms with E-state index in [1.807, 2.05) is 6.92 Å². The largest absolute Gasteiger partial charge is 0.486 e. The average Bonchev–Trinajstić information content (AvgIpc) is 3.09. The van der Waals surface area contributed by atoms with Crippen LogP contribution in [0, 0.1) is 26.6 Å². The summed E-state index contributed by atoms with van der Waals surface area (Å²) in [4.78, 5) is 10.8. The topological polar surface area (TPSA) is 46.5 Å². The van der Waals surface area contributed by atoms with E-state index in [1.54, 1.807) is 6.07 Å². The predicted molar refractivity (Wildman–Crippen MR) is 109 cm³/mol. The van der Waals surface area contributed by atoms with Crippen LogP contribution in [0.25, 0.3) is 5.57 Å². The number of aryl methyl sites for hydroxylation is 4. The molecule has 1 N–H and O–H groups in total. The van der Waals surface area contributed by atoms with Crippen molar-refractivity contribution in [2.24, 2.45) is 0 Å². The first-order valence-electron chi connectivity index (χ1n) is 9.77. The molecule has 1 aliphatic carbocycles. The van der Waals surface area contributed by atoms with Crippen molar-refractivity contribution in [3.8, 4) is 5.75 Å². The first kappa shape index (κ1) is 20.1. The van der Waals surface area contributed by atoms with Gasteiger partial charge in [-0.3, -0.25) is 4.79 Å². The minimum atomic E-state index is -0.882. The van der Waals surface area contributed by atoms with Gasteiger partial charge in [0.1, 0.15) is 6.61 Å². The minimum absolute atomic E-state index is 0.00731. The number of halogens is 1. The summed E-state index contributed by atoms with van der Waals surface area (Å²) in [6.07, 6.45) is 3.40. The van der Waals surface area contributed by atoms with E-state index >= 15 is 0 Å². The number of carboxylic acids is 1. The first-order chi connectivity index (χ1) is 13.3. The fraction of sp³-hybridized carbons (Fsp3) is 0.375. The fourth-order valence-corrected chi connectivity index (χ4v) is 3.93. The first-order valence-corrected chi connectivity index (χ1v) is 9.77. The highest BCUT2D eigenvalue weighted by atomic mass is 19.1. The van der Waals surface area contributed by atoms with E-state index in [0.29, 0.717) is 18.6 Å². The molecule has 0 spiro atoms. The van der Waals surface area contributed by atoms with Crippen molar-refractivity contribution >= 4 is 11.5 Å². The molecule has 3 nitrogen and oxygen atoms in total. The van der Waals surface area contributed by atoms with Gasteiger partial charge in [-0.1, -0.05) is 23.8 Å². The molecule has 0 aliphatic heterocycles. The van der Waals surface area contributed by atoms with E-state index in [1.165, 1.54) is 33.9 Å². The number of ether oxygens (including phenoxy) is 1. The van der Waals surface area contributed by atoms with E-state index in [0.717, 1.165) is 24.8 Å². The van der Waals surface area contributed by atoms with Crippen molar-refractivity contribution < 1.29 is 19.0 Å². The van der Waals surface area contributed by atoms with Gasteiger partial charge in [-0.2, -0.15) is 0 Å². The Kier molecular flexibility index (Phi) is 6.18. The summed E-state index contributed by atoms with van der Waals surface area (Å²) in [5, 5.41) is 8.82. The molecule has 0 amide bonds. The smallest absolute Gasteiger partial charge is 0.303 e. The van der Waals surface area contributed by atoms with Crippen LogP contribution in [0.15, 0.2) is 35.9 Å². The Balaban J connectivity index is 1.77. The van der Waals surface area contributed by atoms with Crippen LogP contribution < -0.4 is 4.74 Å². The summed E-state index contributed by atoms with van der Waals surface area (Å²) in [6, 6.07) is 9.58. The third kappa shape index (κ3) is 4.61. The molecule has 0 unspecified atom stereocenters. The molecule has 0 atom stereocenters. The van der Waals surface area contributed by atoms with E-state index < -0.39 is 11.8 Å². The molecule has 1 aliphatic rings. The summed E-state index contributed by atoms with van der Waals surface area (Å²) in [5.74, 6) is -1.08. The molecule has 0 saturated carbocycles. The van der Waals surface area contributed by atoms with Gasteiger partial charge < -0.3 is 9.84 Å². The van der Waals surface area contributed by atoms with E-state index in [2.05, 4.69) is 32.0 Å². The van der Waals surface area contributed by atoms with Gasteiger partial charge in [0.25, 0.3) is 0 Å². The van der Waals surface area contributed by atoms with Gasteiger partial charge in [-0.05, 0) is 92.0 Å². The van der Waals surface area contributed by atoms with Crippen LogP contribution >= 0.6 is 0 Å². The minimum Gasteiger partial charge on any atom is -0.486 e. The lowest BCUT2D eigenvalue weighted by Crippen LogP contribution is -2.05. The molecule has 3 rings (SSSR count). The SMILES string of the molecule is Cc1ccc(C2=C(COc3cc(C)c(CCC(=O)O)cc3F)CCC2)c(C)c1. The Morgan fingerprint density at radius 3 is 2.61 bits per heavy atom. The van der Waals surface area contributed by atoms with Gasteiger partial charge in [-0.25, -0.2) is 4.39 Å². The van der Waals surface area contributed by atoms with Crippen molar-refractivity contribution in [3.63, 3.8) is 0 Å². The predicted octanol–water partition coefficient (Wildman–Crippen LogP) is 5.78. The summed E-state index contributed by atoms with van der Waals surface area (Å²) in [6.45, 7) is 6.47. The second-order valence-electron chi connectivity index (χ2n) is 7.65. The van der Waals surface area contributed by atoms with Crippen LogP contribution in [-0.4, -0.2) is 17.7 Å². The van der Waals surface area contributed by atoms with Crippen LogP contribution in [-0.2, 0) is 11.2 Å². The van der Waals surface area contributed by atoms with Crippen LogP contribution in [0.2, 0.25) is 0 Å². The number of hydrogen-bond acceptors (Lipinski definition) is 2. The second-order valence-corrected chi connectivity index (χ2v) is 7.65. The Morgan fingerprint density at radius 2 is 1.89 bits per heavy atom. The maximum Gasteiger partial charge on any atom is 0.303 e. The third-order valence-electron chi connectivity index (χ3n) is 5.44. The van der Waals surface area contributed by atoms with Gasteiger partial charge in [0.2, 0.25) is 0 Å². The van der Waals surface area contributed by atoms with Crippen molar-refractivity contribution in [3.05, 3.63) is 69.5 Å². The summed E-state index contributed by atoms with van der Waals surface area (Å²) < 4.78 is 20.3. The molecule has 0 fully saturated rings. The highest BCUT2D eigenvalue weighted by Gasteiger charge is 2.19. The number of hydrogen-bond donors (Lipinski definition) is 1. The van der Waals surface area contributed by atoms with E-state index in [4.69, 9.17) is 9.84 Å². The summed E-state index contributed by atoms with van der Waals surface area (Å²) in [7, 11) is 0. The molecule has 0 saturated heterocycles. The molecule has 0 heterocycles. The number of rotatable bonds is 7. The van der Waals surface area contributed by atoms with Crippen LogP contribution in [0.5, 0.6) is 5.75 Å². The quantitative estimate of drug-likeness (QED) is 0.660. The van der Waals surface area contributed by atoms with Crippen molar-refractivity contribution in [2.75, 3.05) is 6.61 Å². The Hall–Kier alpha value is -2.62. The lowest BCUT2D eigenvalue weighted by molar-refractivity contribution is -0.136. The number of aliphatic carboxylic acids is 1. The summed E-state index contributed by atoms with van der Waals surface area (Å²) >= 11 is 0. The molecule has 0 radical (unpaired) electrons. The van der Waals surface area contributed by atoms with Crippen molar-refractivity contribution in [2.45, 2.75) is 52.9 Å². The fourth-order valence-electron chi connectivity index (χ4n) is 3.93. The summed E-state index contributed by atoms with van der Waals surface area (Å²) in [5.41, 5.74) is 7.90. The zero-order chi connectivity index (χ0) is 20.3. The number of carboxylic acid groups (broad SMARTS) is 1. The zero-order valence-electron chi connectivity index (χ0n) is 16.8. The lowest BCUT2D eigenvalue weighted by Gasteiger charge is -2.14. The van der Waals surface area contributed by atoms with Crippen molar-refractivity contribution in [1.29, 1.82) is 0 Å². The van der Waals surface area contributed by atoms with E-state index in [-0.39, 0.29) is 12.2 Å². The van der Waals surface area contributed by atoms with Gasteiger partial charge in [-0.15, -0.1) is 0 Å². The molecular formula is C24H27FO3. The Morgan fingerprint density at radius 1 is 1.11 bits per heavy atom. The molecule has 4 heteroatoms. The van der Waals surface area contributed by atoms with Crippen molar-refractivity contribution in [1.82, 2.24) is 0 Å². The molecule has 0 aromatic heterocycles. The van der Waals surface area contributed by atoms with Gasteiger partial charge in [0, 0.05) is 6.42 Å². The molecule has 148 valence electrons. The molecular weight excluding hydrogens is 355 g/mol. The standard InChI is InChI=1S/C24H27FO3/c1-15-7-9-20(17(3)11-15)21-6-4-5-19(21)14-28-23-12-16(2)18(13-22(23)25)8-10-24(26)27/h7,9,11-13H,4-6,8,10,14H2,1-3H3,(H,26,27). The van der Waals surface area contributed by atoms with Gasteiger partial charge in [0.15, 0.2) is 11.6 Å². The average molecular weight is 382 g/mol. The maximum absolute atomic E-state index is 14.5. The maximum atomic E-state index is 14.5. The van der Waals surface area contributed by atoms with Gasteiger partial charge in [0.05, 0.1) is 0 Å². The lowest BCUT2D eigenvalue weighted by atomic mass is 9.96. The number of benzene rings is 2. The molecule has 0 bridgehead atoms. The number of carbonyl (C=O) groups is 1. The molecule has 28 heavy (non-hydrogen) atoms. The second kappa shape index (κ2) is 8.59. The van der Waals surface area contributed by atoms with Gasteiger partial charge >= 0.3 is 5.97 Å². The zero-order valence-corrected chi connectivity index (χ0v) is 16.8. The third-order valence-corrected chi connectivity index (χ3v) is 5.44. The van der Waals surface area contributed by atoms with Crippen LogP contribution in [0.1, 0.15) is 53.5 Å². The number of allylic oxidation sites excluding steroid dienone is 1. The normalized spacial score (nSPS) is 13.9. The molecule has 2 aromatic rings. The molecule has 2 aromatic carbocycles. The Labute approximate surface area is 165 Å². The Bertz CT molecular complexity index is 928. The highest BCUT2D eigenvalue weighted by Crippen LogP contribution is 2.36. The van der Waals surface area contributed by atoms with E-state index in [9.17, 15) is 9.18 Å².